The van der Waals surface area contributed by atoms with Crippen LogP contribution in [-0.2, 0) is 0 Å². The monoisotopic (exact) mass is 385 g/mol. The quantitative estimate of drug-likeness (QED) is 0.721. The summed E-state index contributed by atoms with van der Waals surface area (Å²) >= 11 is 1.25. The second kappa shape index (κ2) is 7.12. The summed E-state index contributed by atoms with van der Waals surface area (Å²) in [5.41, 5.74) is 1.21. The van der Waals surface area contributed by atoms with Crippen molar-refractivity contribution < 1.29 is 23.7 Å². The lowest BCUT2D eigenvalue weighted by Crippen LogP contribution is -2.11. The van der Waals surface area contributed by atoms with E-state index in [0.29, 0.717) is 38.7 Å². The average molecular weight is 385 g/mol. The van der Waals surface area contributed by atoms with E-state index in [2.05, 4.69) is 15.5 Å². The molecule has 27 heavy (non-hydrogen) atoms. The van der Waals surface area contributed by atoms with Crippen LogP contribution in [0.15, 0.2) is 36.4 Å². The highest BCUT2D eigenvalue weighted by Crippen LogP contribution is 2.36. The number of nitrogens with zero attached hydrogens (tertiary/aromatic N) is 2. The molecule has 2 heterocycles. The van der Waals surface area contributed by atoms with Crippen molar-refractivity contribution in [2.75, 3.05) is 26.3 Å². The maximum Gasteiger partial charge on any atom is 0.257 e. The van der Waals surface area contributed by atoms with Gasteiger partial charge in [0.2, 0.25) is 11.9 Å². The summed E-state index contributed by atoms with van der Waals surface area (Å²) < 4.78 is 21.1. The van der Waals surface area contributed by atoms with E-state index < -0.39 is 0 Å². The van der Waals surface area contributed by atoms with Crippen molar-refractivity contribution in [3.05, 3.63) is 42.0 Å². The summed E-state index contributed by atoms with van der Waals surface area (Å²) in [6.07, 6.45) is 0. The van der Waals surface area contributed by atoms with Crippen LogP contribution in [0.1, 0.15) is 10.4 Å². The minimum absolute atomic E-state index is 0.157. The summed E-state index contributed by atoms with van der Waals surface area (Å²) in [4.78, 5) is 12.5. The van der Waals surface area contributed by atoms with E-state index >= 15 is 0 Å². The minimum Gasteiger partial charge on any atom is -0.497 e. The molecule has 8 nitrogen and oxygen atoms in total. The molecular formula is C18H15N3O5S. The number of fused-ring (bicyclic) bond motifs is 1. The number of nitrogens with one attached hydrogen (secondary N) is 1. The summed E-state index contributed by atoms with van der Waals surface area (Å²) in [6, 6.07) is 10.4. The molecule has 0 atom stereocenters. The number of hydrogen-bond donors (Lipinski definition) is 1. The zero-order valence-corrected chi connectivity index (χ0v) is 15.3. The molecule has 4 rings (SSSR count). The zero-order chi connectivity index (χ0) is 18.8. The number of amides is 1. The number of benzene rings is 2. The molecular weight excluding hydrogens is 370 g/mol. The molecule has 1 aliphatic heterocycles. The molecule has 1 aromatic heterocycles. The molecule has 0 radical (unpaired) electrons. The lowest BCUT2D eigenvalue weighted by molar-refractivity contribution is 0.102. The smallest absolute Gasteiger partial charge is 0.257 e. The van der Waals surface area contributed by atoms with Gasteiger partial charge in [0.05, 0.1) is 19.8 Å². The van der Waals surface area contributed by atoms with E-state index in [0.717, 1.165) is 5.56 Å². The molecule has 1 N–H and O–H groups in total. The first-order valence-electron chi connectivity index (χ1n) is 7.95. The fourth-order valence-corrected chi connectivity index (χ4v) is 3.33. The van der Waals surface area contributed by atoms with Crippen LogP contribution in [0.2, 0.25) is 0 Å². The highest BCUT2D eigenvalue weighted by atomic mass is 32.1. The molecule has 1 amide bonds. The Morgan fingerprint density at radius 3 is 2.74 bits per heavy atom. The van der Waals surface area contributed by atoms with Crippen molar-refractivity contribution in [2.24, 2.45) is 0 Å². The molecule has 0 saturated carbocycles. The standard InChI is InChI=1S/C18H15N3O5S/c1-23-11-4-5-12(14(8-11)24-2)17-20-21-18(27-17)19-16(22)10-3-6-13-15(7-10)26-9-25-13/h3-8H,9H2,1-2H3,(H,19,21,22). The van der Waals surface area contributed by atoms with Gasteiger partial charge in [-0.25, -0.2) is 0 Å². The molecule has 1 aliphatic rings. The van der Waals surface area contributed by atoms with Crippen LogP contribution < -0.4 is 24.3 Å². The summed E-state index contributed by atoms with van der Waals surface area (Å²) in [6.45, 7) is 0.157. The SMILES string of the molecule is COc1ccc(-c2nnc(NC(=O)c3ccc4c(c3)OCO4)s2)c(OC)c1. The van der Waals surface area contributed by atoms with Gasteiger partial charge in [-0.15, -0.1) is 10.2 Å². The van der Waals surface area contributed by atoms with Crippen LogP contribution in [0.5, 0.6) is 23.0 Å². The first-order chi connectivity index (χ1) is 13.2. The van der Waals surface area contributed by atoms with Crippen molar-refractivity contribution in [1.82, 2.24) is 10.2 Å². The Balaban J connectivity index is 1.54. The van der Waals surface area contributed by atoms with Gasteiger partial charge in [-0.05, 0) is 30.3 Å². The number of aromatic nitrogens is 2. The highest BCUT2D eigenvalue weighted by Gasteiger charge is 2.18. The van der Waals surface area contributed by atoms with Gasteiger partial charge in [-0.3, -0.25) is 10.1 Å². The van der Waals surface area contributed by atoms with Crippen LogP contribution >= 0.6 is 11.3 Å². The van der Waals surface area contributed by atoms with E-state index in [4.69, 9.17) is 18.9 Å². The van der Waals surface area contributed by atoms with Crippen LogP contribution in [0.4, 0.5) is 5.13 Å². The second-order valence-electron chi connectivity index (χ2n) is 5.50. The maximum atomic E-state index is 12.5. The van der Waals surface area contributed by atoms with E-state index in [1.54, 1.807) is 38.5 Å². The first kappa shape index (κ1) is 17.1. The van der Waals surface area contributed by atoms with E-state index in [1.165, 1.54) is 11.3 Å². The first-order valence-corrected chi connectivity index (χ1v) is 8.76. The Morgan fingerprint density at radius 2 is 1.93 bits per heavy atom. The van der Waals surface area contributed by atoms with Crippen LogP contribution in [0.3, 0.4) is 0 Å². The van der Waals surface area contributed by atoms with Crippen molar-refractivity contribution in [3.8, 4) is 33.6 Å². The molecule has 9 heteroatoms. The lowest BCUT2D eigenvalue weighted by Gasteiger charge is -2.07. The Hall–Kier alpha value is -3.33. The van der Waals surface area contributed by atoms with Gasteiger partial charge in [0.25, 0.3) is 5.91 Å². The summed E-state index contributed by atoms with van der Waals surface area (Å²) in [5, 5.41) is 11.9. The van der Waals surface area contributed by atoms with Crippen LogP contribution in [-0.4, -0.2) is 37.1 Å². The Bertz CT molecular complexity index is 1000. The van der Waals surface area contributed by atoms with Gasteiger partial charge < -0.3 is 18.9 Å². The predicted octanol–water partition coefficient (Wildman–Crippen LogP) is 3.20. The van der Waals surface area contributed by atoms with Crippen molar-refractivity contribution >= 4 is 22.4 Å². The second-order valence-corrected chi connectivity index (χ2v) is 6.48. The largest absolute Gasteiger partial charge is 0.497 e. The van der Waals surface area contributed by atoms with Crippen molar-refractivity contribution in [2.45, 2.75) is 0 Å². The lowest BCUT2D eigenvalue weighted by atomic mass is 10.2. The number of methoxy groups -OCH3 is 2. The van der Waals surface area contributed by atoms with Crippen LogP contribution in [0, 0.1) is 0 Å². The highest BCUT2D eigenvalue weighted by molar-refractivity contribution is 7.18. The fourth-order valence-electron chi connectivity index (χ4n) is 2.56. The molecule has 0 unspecified atom stereocenters. The molecule has 3 aromatic rings. The van der Waals surface area contributed by atoms with Crippen molar-refractivity contribution in [3.63, 3.8) is 0 Å². The van der Waals surface area contributed by atoms with E-state index in [1.807, 2.05) is 12.1 Å². The average Bonchev–Trinajstić information content (AvgIpc) is 3.36. The molecule has 0 aliphatic carbocycles. The topological polar surface area (TPSA) is 91.8 Å². The molecule has 138 valence electrons. The zero-order valence-electron chi connectivity index (χ0n) is 14.5. The molecule has 0 bridgehead atoms. The molecule has 2 aromatic carbocycles. The number of carbonyl (C=O) groups is 1. The fraction of sp³-hybridized carbons (Fsp3) is 0.167. The maximum absolute atomic E-state index is 12.5. The van der Waals surface area contributed by atoms with Gasteiger partial charge in [-0.1, -0.05) is 11.3 Å². The summed E-state index contributed by atoms with van der Waals surface area (Å²) in [7, 11) is 3.16. The van der Waals surface area contributed by atoms with Gasteiger partial charge in [0.1, 0.15) is 11.5 Å². The van der Waals surface area contributed by atoms with Gasteiger partial charge in [-0.2, -0.15) is 0 Å². The number of hydrogen-bond acceptors (Lipinski definition) is 8. The third-order valence-corrected chi connectivity index (χ3v) is 4.79. The Kier molecular flexibility index (Phi) is 4.51. The summed E-state index contributed by atoms with van der Waals surface area (Å²) in [5.74, 6) is 2.15. The minimum atomic E-state index is -0.308. The number of carbonyl (C=O) groups excluding carboxylic acids is 1. The number of rotatable bonds is 5. The Labute approximate surface area is 158 Å². The van der Waals surface area contributed by atoms with Crippen molar-refractivity contribution in [1.29, 1.82) is 0 Å². The van der Waals surface area contributed by atoms with Gasteiger partial charge in [0.15, 0.2) is 16.5 Å². The number of anilines is 1. The molecule has 0 spiro atoms. The normalized spacial score (nSPS) is 11.9. The van der Waals surface area contributed by atoms with E-state index in [9.17, 15) is 4.79 Å². The third kappa shape index (κ3) is 3.36. The Morgan fingerprint density at radius 1 is 1.07 bits per heavy atom. The molecule has 0 fully saturated rings. The molecule has 0 saturated heterocycles. The third-order valence-electron chi connectivity index (χ3n) is 3.92. The predicted molar refractivity (Wildman–Crippen MR) is 99.0 cm³/mol. The number of ether oxygens (including phenoxy) is 4. The van der Waals surface area contributed by atoms with Gasteiger partial charge >= 0.3 is 0 Å². The van der Waals surface area contributed by atoms with Crippen LogP contribution in [0.25, 0.3) is 10.6 Å². The van der Waals surface area contributed by atoms with Gasteiger partial charge in [0, 0.05) is 11.6 Å². The van der Waals surface area contributed by atoms with E-state index in [-0.39, 0.29) is 12.7 Å².